The van der Waals surface area contributed by atoms with E-state index < -0.39 is 16.9 Å². The Bertz CT molecular complexity index is 1860. The number of nitro benzene ring substituents is 1. The van der Waals surface area contributed by atoms with Gasteiger partial charge in [0.2, 0.25) is 0 Å². The van der Waals surface area contributed by atoms with Crippen molar-refractivity contribution in [3.63, 3.8) is 0 Å². The Morgan fingerprint density at radius 2 is 1.93 bits per heavy atom. The molecule has 0 saturated heterocycles. The quantitative estimate of drug-likeness (QED) is 0.173. The average molecular weight is 578 g/mol. The third-order valence-corrected chi connectivity index (χ3v) is 7.98. The van der Waals surface area contributed by atoms with Crippen LogP contribution in [0, 0.1) is 10.1 Å². The Balaban J connectivity index is 1.61. The lowest BCUT2D eigenvalue weighted by atomic mass is 9.93. The zero-order valence-electron chi connectivity index (χ0n) is 22.0. The summed E-state index contributed by atoms with van der Waals surface area (Å²) < 4.78 is 12.8. The van der Waals surface area contributed by atoms with Gasteiger partial charge in [0.25, 0.3) is 11.2 Å². The standard InChI is InChI=1S/C29H24ClN3O6S/c1-15(2)17-5-7-18(8-6-17)26-25(28(35)38-4)16(3)31-29-32(26)27(34)24(40-29)14-20-10-12-23(39-20)19-9-11-21(30)22(13-19)33(36)37/h5-15,26H,1-4H3/b24-14-/t26-/m0/s1. The van der Waals surface area contributed by atoms with Gasteiger partial charge >= 0.3 is 5.97 Å². The molecule has 2 aromatic heterocycles. The van der Waals surface area contributed by atoms with E-state index in [0.717, 1.165) is 11.1 Å². The molecule has 5 rings (SSSR count). The van der Waals surface area contributed by atoms with Crippen LogP contribution >= 0.6 is 22.9 Å². The van der Waals surface area contributed by atoms with Crippen molar-refractivity contribution in [2.24, 2.45) is 4.99 Å². The summed E-state index contributed by atoms with van der Waals surface area (Å²) >= 11 is 7.11. The molecule has 0 amide bonds. The second kappa shape index (κ2) is 10.7. The Labute approximate surface area is 237 Å². The van der Waals surface area contributed by atoms with E-state index in [9.17, 15) is 19.7 Å². The first-order chi connectivity index (χ1) is 19.1. The lowest BCUT2D eigenvalue weighted by Gasteiger charge is -2.24. The third kappa shape index (κ3) is 4.91. The van der Waals surface area contributed by atoms with E-state index in [2.05, 4.69) is 18.8 Å². The van der Waals surface area contributed by atoms with E-state index in [0.29, 0.717) is 43.6 Å². The van der Waals surface area contributed by atoms with Crippen LogP contribution in [0.3, 0.4) is 0 Å². The highest BCUT2D eigenvalue weighted by Crippen LogP contribution is 2.33. The van der Waals surface area contributed by atoms with E-state index in [-0.39, 0.29) is 16.3 Å². The van der Waals surface area contributed by atoms with Crippen LogP contribution in [0.5, 0.6) is 0 Å². The van der Waals surface area contributed by atoms with Crippen molar-refractivity contribution in [2.45, 2.75) is 32.7 Å². The number of allylic oxidation sites excluding steroid dienone is 1. The molecule has 4 aromatic rings. The van der Waals surface area contributed by atoms with Crippen LogP contribution in [0.1, 0.15) is 49.6 Å². The summed E-state index contributed by atoms with van der Waals surface area (Å²) in [4.78, 5) is 42.3. The van der Waals surface area contributed by atoms with Gasteiger partial charge in [-0.2, -0.15) is 0 Å². The van der Waals surface area contributed by atoms with Crippen molar-refractivity contribution in [2.75, 3.05) is 7.11 Å². The molecule has 0 N–H and O–H groups in total. The summed E-state index contributed by atoms with van der Waals surface area (Å²) in [5, 5.41) is 11.3. The summed E-state index contributed by atoms with van der Waals surface area (Å²) in [6.45, 7) is 5.91. The highest BCUT2D eigenvalue weighted by molar-refractivity contribution is 7.07. The minimum atomic E-state index is -0.714. The summed E-state index contributed by atoms with van der Waals surface area (Å²) in [7, 11) is 1.30. The van der Waals surface area contributed by atoms with Crippen molar-refractivity contribution in [1.29, 1.82) is 0 Å². The number of hydrogen-bond acceptors (Lipinski definition) is 8. The molecule has 0 fully saturated rings. The Morgan fingerprint density at radius 1 is 1.20 bits per heavy atom. The van der Waals surface area contributed by atoms with Gasteiger partial charge in [0.15, 0.2) is 4.80 Å². The zero-order chi connectivity index (χ0) is 28.7. The molecular weight excluding hydrogens is 554 g/mol. The maximum absolute atomic E-state index is 13.8. The number of esters is 1. The molecule has 2 aromatic carbocycles. The fraction of sp³-hybridized carbons (Fsp3) is 0.207. The van der Waals surface area contributed by atoms with Gasteiger partial charge in [-0.25, -0.2) is 9.79 Å². The highest BCUT2D eigenvalue weighted by Gasteiger charge is 2.33. The summed E-state index contributed by atoms with van der Waals surface area (Å²) in [5.74, 6) is 0.525. The molecule has 9 nitrogen and oxygen atoms in total. The molecule has 0 aliphatic carbocycles. The smallest absolute Gasteiger partial charge is 0.338 e. The van der Waals surface area contributed by atoms with Crippen molar-refractivity contribution >= 4 is 40.7 Å². The lowest BCUT2D eigenvalue weighted by Crippen LogP contribution is -2.39. The SMILES string of the molecule is COC(=O)C1=C(C)N=c2s/c(=C\c3ccc(-c4ccc(Cl)c([N+](=O)[O-])c4)o3)c(=O)n2[C@H]1c1ccc(C(C)C)cc1. The predicted molar refractivity (Wildman–Crippen MR) is 152 cm³/mol. The van der Waals surface area contributed by atoms with Crippen LogP contribution in [-0.2, 0) is 9.53 Å². The molecule has 11 heteroatoms. The van der Waals surface area contributed by atoms with E-state index >= 15 is 0 Å². The van der Waals surface area contributed by atoms with Gasteiger partial charge < -0.3 is 9.15 Å². The summed E-state index contributed by atoms with van der Waals surface area (Å²) in [6.07, 6.45) is 1.59. The zero-order valence-corrected chi connectivity index (χ0v) is 23.6. The van der Waals surface area contributed by atoms with Gasteiger partial charge in [-0.3, -0.25) is 19.5 Å². The number of thiazole rings is 1. The Morgan fingerprint density at radius 3 is 2.58 bits per heavy atom. The number of fused-ring (bicyclic) bond motifs is 1. The number of ether oxygens (including phenoxy) is 1. The largest absolute Gasteiger partial charge is 0.466 e. The first kappa shape index (κ1) is 27.3. The number of aromatic nitrogens is 1. The van der Waals surface area contributed by atoms with Gasteiger partial charge in [0, 0.05) is 17.7 Å². The van der Waals surface area contributed by atoms with E-state index in [4.69, 9.17) is 20.8 Å². The number of benzene rings is 2. The molecule has 1 aliphatic rings. The molecule has 1 atom stereocenters. The fourth-order valence-electron chi connectivity index (χ4n) is 4.59. The third-order valence-electron chi connectivity index (χ3n) is 6.67. The molecule has 0 bridgehead atoms. The molecule has 0 unspecified atom stereocenters. The maximum atomic E-state index is 13.8. The average Bonchev–Trinajstić information content (AvgIpc) is 3.52. The number of methoxy groups -OCH3 is 1. The number of nitrogens with zero attached hydrogens (tertiary/aromatic N) is 3. The van der Waals surface area contributed by atoms with Gasteiger partial charge in [0.05, 0.1) is 33.9 Å². The monoisotopic (exact) mass is 577 g/mol. The molecule has 40 heavy (non-hydrogen) atoms. The van der Waals surface area contributed by atoms with Gasteiger partial charge in [0.1, 0.15) is 16.5 Å². The van der Waals surface area contributed by atoms with Crippen molar-refractivity contribution in [3.05, 3.63) is 118 Å². The molecule has 1 aliphatic heterocycles. The summed E-state index contributed by atoms with van der Waals surface area (Å²) in [6, 6.07) is 14.8. The van der Waals surface area contributed by atoms with Crippen LogP contribution in [0.25, 0.3) is 17.4 Å². The van der Waals surface area contributed by atoms with E-state index in [1.54, 1.807) is 31.2 Å². The fourth-order valence-corrected chi connectivity index (χ4v) is 5.81. The number of hydrogen-bond donors (Lipinski definition) is 0. The second-order valence-electron chi connectivity index (χ2n) is 9.52. The van der Waals surface area contributed by atoms with Crippen molar-refractivity contribution in [3.8, 4) is 11.3 Å². The first-order valence-electron chi connectivity index (χ1n) is 12.3. The maximum Gasteiger partial charge on any atom is 0.338 e. The number of furan rings is 1. The van der Waals surface area contributed by atoms with E-state index in [1.165, 1.54) is 35.1 Å². The molecule has 204 valence electrons. The number of nitro groups is 1. The van der Waals surface area contributed by atoms with Gasteiger partial charge in [-0.15, -0.1) is 0 Å². The minimum Gasteiger partial charge on any atom is -0.466 e. The van der Waals surface area contributed by atoms with Crippen LogP contribution in [-0.4, -0.2) is 22.6 Å². The van der Waals surface area contributed by atoms with Crippen LogP contribution < -0.4 is 14.9 Å². The number of carbonyl (C=O) groups excluding carboxylic acids is 1. The van der Waals surface area contributed by atoms with Crippen LogP contribution in [0.2, 0.25) is 5.02 Å². The number of rotatable bonds is 6. The summed E-state index contributed by atoms with van der Waals surface area (Å²) in [5.41, 5.74) is 2.57. The van der Waals surface area contributed by atoms with Crippen LogP contribution in [0.4, 0.5) is 5.69 Å². The highest BCUT2D eigenvalue weighted by atomic mass is 35.5. The normalized spacial score (nSPS) is 15.2. The second-order valence-corrected chi connectivity index (χ2v) is 10.9. The minimum absolute atomic E-state index is 0.0247. The topological polar surface area (TPSA) is 117 Å². The first-order valence-corrected chi connectivity index (χ1v) is 13.5. The predicted octanol–water partition coefficient (Wildman–Crippen LogP) is 5.35. The molecule has 0 radical (unpaired) electrons. The van der Waals surface area contributed by atoms with Gasteiger partial charge in [-0.05, 0) is 48.2 Å². The van der Waals surface area contributed by atoms with E-state index in [1.807, 2.05) is 24.3 Å². The lowest BCUT2D eigenvalue weighted by molar-refractivity contribution is -0.384. The molecule has 0 spiro atoms. The Kier molecular flexibility index (Phi) is 7.31. The van der Waals surface area contributed by atoms with Gasteiger partial charge in [-0.1, -0.05) is 61.1 Å². The molecule has 0 saturated carbocycles. The number of halogens is 1. The van der Waals surface area contributed by atoms with Crippen molar-refractivity contribution in [1.82, 2.24) is 4.57 Å². The van der Waals surface area contributed by atoms with Crippen LogP contribution in [0.15, 0.2) is 80.1 Å². The molecule has 3 heterocycles. The number of carbonyl (C=O) groups is 1. The van der Waals surface area contributed by atoms with Crippen molar-refractivity contribution < 1.29 is 18.9 Å². The molecular formula is C29H24ClN3O6S. The Hall–Kier alpha value is -4.28.